The standard InChI is InChI=1S/C20H27N3O2S/c1-20-10-7-18(24)23(20)17(14-26-20)19(25)21-16-8-11-22(12-9-16)13-15-5-3-2-4-6-15/h2-6,16-17H,7-14H2,1H3,(H,21,25). The van der Waals surface area contributed by atoms with Crippen molar-refractivity contribution in [1.82, 2.24) is 15.1 Å². The molecule has 0 aliphatic carbocycles. The number of amides is 2. The van der Waals surface area contributed by atoms with Gasteiger partial charge in [-0.1, -0.05) is 30.3 Å². The minimum atomic E-state index is -0.289. The topological polar surface area (TPSA) is 52.7 Å². The zero-order chi connectivity index (χ0) is 18.1. The Morgan fingerprint density at radius 2 is 2.00 bits per heavy atom. The summed E-state index contributed by atoms with van der Waals surface area (Å²) in [7, 11) is 0. The third-order valence-corrected chi connectivity index (χ3v) is 7.44. The van der Waals surface area contributed by atoms with E-state index in [4.69, 9.17) is 0 Å². The number of rotatable bonds is 4. The molecule has 0 radical (unpaired) electrons. The van der Waals surface area contributed by atoms with Gasteiger partial charge in [-0.3, -0.25) is 14.5 Å². The summed E-state index contributed by atoms with van der Waals surface area (Å²) < 4.78 is 0. The second kappa shape index (κ2) is 7.24. The van der Waals surface area contributed by atoms with Crippen molar-refractivity contribution in [3.63, 3.8) is 0 Å². The molecule has 3 fully saturated rings. The van der Waals surface area contributed by atoms with Gasteiger partial charge in [-0.15, -0.1) is 11.8 Å². The van der Waals surface area contributed by atoms with Gasteiger partial charge in [0.15, 0.2) is 0 Å². The maximum absolute atomic E-state index is 12.8. The van der Waals surface area contributed by atoms with Crippen molar-refractivity contribution < 1.29 is 9.59 Å². The SMILES string of the molecule is CC12CCC(=O)N1C(C(=O)NC1CCN(Cc3ccccc3)CC1)CS2. The van der Waals surface area contributed by atoms with E-state index in [1.165, 1.54) is 5.56 Å². The Hall–Kier alpha value is -1.53. The van der Waals surface area contributed by atoms with Crippen LogP contribution in [0.2, 0.25) is 0 Å². The minimum Gasteiger partial charge on any atom is -0.351 e. The van der Waals surface area contributed by atoms with Crippen LogP contribution in [0.3, 0.4) is 0 Å². The van der Waals surface area contributed by atoms with Crippen molar-refractivity contribution in [2.24, 2.45) is 0 Å². The van der Waals surface area contributed by atoms with Crippen molar-refractivity contribution in [2.45, 2.75) is 56.1 Å². The predicted octanol–water partition coefficient (Wildman–Crippen LogP) is 2.22. The summed E-state index contributed by atoms with van der Waals surface area (Å²) in [4.78, 5) is 29.1. The van der Waals surface area contributed by atoms with E-state index < -0.39 is 0 Å². The number of benzene rings is 1. The van der Waals surface area contributed by atoms with Gasteiger partial charge in [0.25, 0.3) is 0 Å². The van der Waals surface area contributed by atoms with E-state index in [-0.39, 0.29) is 28.8 Å². The van der Waals surface area contributed by atoms with E-state index in [1.807, 2.05) is 11.0 Å². The van der Waals surface area contributed by atoms with E-state index in [1.54, 1.807) is 11.8 Å². The first-order chi connectivity index (χ1) is 12.5. The van der Waals surface area contributed by atoms with Crippen LogP contribution in [-0.4, -0.2) is 57.4 Å². The summed E-state index contributed by atoms with van der Waals surface area (Å²) in [6.45, 7) is 5.07. The molecule has 140 valence electrons. The number of thioether (sulfide) groups is 1. The number of carbonyl (C=O) groups is 2. The van der Waals surface area contributed by atoms with Crippen LogP contribution >= 0.6 is 11.8 Å². The average molecular weight is 374 g/mol. The van der Waals surface area contributed by atoms with Crippen LogP contribution in [0.25, 0.3) is 0 Å². The van der Waals surface area contributed by atoms with Gasteiger partial charge in [-0.2, -0.15) is 0 Å². The van der Waals surface area contributed by atoms with Crippen LogP contribution in [0.5, 0.6) is 0 Å². The maximum Gasteiger partial charge on any atom is 0.243 e. The van der Waals surface area contributed by atoms with E-state index in [0.717, 1.165) is 44.6 Å². The summed E-state index contributed by atoms with van der Waals surface area (Å²) in [5.41, 5.74) is 1.34. The Bertz CT molecular complexity index is 675. The van der Waals surface area contributed by atoms with Crippen LogP contribution in [0.4, 0.5) is 0 Å². The molecule has 3 aliphatic rings. The number of carbonyl (C=O) groups excluding carboxylic acids is 2. The maximum atomic E-state index is 12.8. The molecule has 1 N–H and O–H groups in total. The summed E-state index contributed by atoms with van der Waals surface area (Å²) >= 11 is 1.76. The van der Waals surface area contributed by atoms with Gasteiger partial charge in [-0.25, -0.2) is 0 Å². The molecule has 6 heteroatoms. The fraction of sp³-hybridized carbons (Fsp3) is 0.600. The molecule has 0 spiro atoms. The molecular weight excluding hydrogens is 346 g/mol. The van der Waals surface area contributed by atoms with Crippen LogP contribution in [-0.2, 0) is 16.1 Å². The summed E-state index contributed by atoms with van der Waals surface area (Å²) in [6, 6.07) is 10.5. The van der Waals surface area contributed by atoms with Crippen molar-refractivity contribution in [3.8, 4) is 0 Å². The molecule has 2 amide bonds. The van der Waals surface area contributed by atoms with Crippen LogP contribution in [0.1, 0.15) is 38.2 Å². The Balaban J connectivity index is 1.28. The van der Waals surface area contributed by atoms with Gasteiger partial charge in [0.1, 0.15) is 6.04 Å². The lowest BCUT2D eigenvalue weighted by atomic mass is 10.0. The highest BCUT2D eigenvalue weighted by atomic mass is 32.2. The molecule has 5 nitrogen and oxygen atoms in total. The molecule has 3 saturated heterocycles. The number of nitrogens with zero attached hydrogens (tertiary/aromatic N) is 2. The highest BCUT2D eigenvalue weighted by Gasteiger charge is 2.53. The lowest BCUT2D eigenvalue weighted by molar-refractivity contribution is -0.138. The Morgan fingerprint density at radius 1 is 1.27 bits per heavy atom. The lowest BCUT2D eigenvalue weighted by Gasteiger charge is -2.34. The van der Waals surface area contributed by atoms with E-state index in [0.29, 0.717) is 6.42 Å². The number of likely N-dealkylation sites (tertiary alicyclic amines) is 1. The van der Waals surface area contributed by atoms with Gasteiger partial charge < -0.3 is 10.2 Å². The molecule has 26 heavy (non-hydrogen) atoms. The first-order valence-corrected chi connectivity index (χ1v) is 10.6. The number of nitrogens with one attached hydrogen (secondary N) is 1. The number of fused-ring (bicyclic) bond motifs is 1. The molecular formula is C20H27N3O2S. The molecule has 3 heterocycles. The lowest BCUT2D eigenvalue weighted by Crippen LogP contribution is -2.53. The smallest absolute Gasteiger partial charge is 0.243 e. The quantitative estimate of drug-likeness (QED) is 0.879. The zero-order valence-corrected chi connectivity index (χ0v) is 16.1. The molecule has 3 aliphatic heterocycles. The average Bonchev–Trinajstić information content (AvgIpc) is 3.14. The third kappa shape index (κ3) is 3.49. The molecule has 4 rings (SSSR count). The van der Waals surface area contributed by atoms with Crippen molar-refractivity contribution >= 4 is 23.6 Å². The van der Waals surface area contributed by atoms with Gasteiger partial charge in [-0.05, 0) is 31.7 Å². The first-order valence-electron chi connectivity index (χ1n) is 9.58. The minimum absolute atomic E-state index is 0.0398. The summed E-state index contributed by atoms with van der Waals surface area (Å²) in [5, 5.41) is 3.22. The van der Waals surface area contributed by atoms with Gasteiger partial charge >= 0.3 is 0 Å². The second-order valence-electron chi connectivity index (χ2n) is 7.81. The summed E-state index contributed by atoms with van der Waals surface area (Å²) in [5.74, 6) is 0.898. The highest BCUT2D eigenvalue weighted by molar-refractivity contribution is 8.01. The van der Waals surface area contributed by atoms with Gasteiger partial charge in [0, 0.05) is 37.8 Å². The normalized spacial score (nSPS) is 29.8. The monoisotopic (exact) mass is 373 g/mol. The van der Waals surface area contributed by atoms with Crippen molar-refractivity contribution in [3.05, 3.63) is 35.9 Å². The first kappa shape index (κ1) is 17.9. The summed E-state index contributed by atoms with van der Waals surface area (Å²) in [6.07, 6.45) is 3.39. The van der Waals surface area contributed by atoms with Gasteiger partial charge in [0.05, 0.1) is 4.87 Å². The van der Waals surface area contributed by atoms with Gasteiger partial charge in [0.2, 0.25) is 11.8 Å². The molecule has 0 aromatic heterocycles. The molecule has 1 aromatic carbocycles. The molecule has 1 aromatic rings. The fourth-order valence-corrected chi connectivity index (χ4v) is 5.82. The second-order valence-corrected chi connectivity index (χ2v) is 9.31. The zero-order valence-electron chi connectivity index (χ0n) is 15.3. The van der Waals surface area contributed by atoms with Crippen molar-refractivity contribution in [2.75, 3.05) is 18.8 Å². The van der Waals surface area contributed by atoms with E-state index in [9.17, 15) is 9.59 Å². The van der Waals surface area contributed by atoms with Crippen LogP contribution < -0.4 is 5.32 Å². The van der Waals surface area contributed by atoms with Crippen molar-refractivity contribution in [1.29, 1.82) is 0 Å². The Labute approximate surface area is 159 Å². The Morgan fingerprint density at radius 3 is 2.73 bits per heavy atom. The highest BCUT2D eigenvalue weighted by Crippen LogP contribution is 2.47. The molecule has 0 saturated carbocycles. The Kier molecular flexibility index (Phi) is 4.97. The number of piperidine rings is 1. The third-order valence-electron chi connectivity index (χ3n) is 5.93. The van der Waals surface area contributed by atoms with E-state index in [2.05, 4.69) is 41.4 Å². The number of hydrogen-bond acceptors (Lipinski definition) is 4. The van der Waals surface area contributed by atoms with Crippen LogP contribution in [0, 0.1) is 0 Å². The molecule has 0 bridgehead atoms. The largest absolute Gasteiger partial charge is 0.351 e. The molecule has 2 atom stereocenters. The fourth-order valence-electron chi connectivity index (χ4n) is 4.39. The van der Waals surface area contributed by atoms with Crippen LogP contribution in [0.15, 0.2) is 30.3 Å². The van der Waals surface area contributed by atoms with E-state index >= 15 is 0 Å². The number of hydrogen-bond donors (Lipinski definition) is 1. The predicted molar refractivity (Wildman–Crippen MR) is 104 cm³/mol. The molecule has 2 unspecified atom stereocenters.